The molecule has 0 amide bonds. The van der Waals surface area contributed by atoms with Gasteiger partial charge < -0.3 is 37.0 Å². The molecule has 2 rings (SSSR count). The van der Waals surface area contributed by atoms with Crippen molar-refractivity contribution in [2.75, 3.05) is 6.61 Å². The van der Waals surface area contributed by atoms with Gasteiger partial charge in [0.1, 0.15) is 24.2 Å². The van der Waals surface area contributed by atoms with Crippen LogP contribution in [0.4, 0.5) is 0 Å². The molecular formula is C9H20N4O5. The van der Waals surface area contributed by atoms with E-state index in [0.717, 1.165) is 0 Å². The Bertz CT molecular complexity index is 319. The zero-order valence-electron chi connectivity index (χ0n) is 9.64. The van der Waals surface area contributed by atoms with Gasteiger partial charge in [-0.3, -0.25) is 10.6 Å². The Morgan fingerprint density at radius 1 is 1.06 bits per heavy atom. The Morgan fingerprint density at radius 2 is 1.67 bits per heavy atom. The lowest BCUT2D eigenvalue weighted by molar-refractivity contribution is -0.237. The van der Waals surface area contributed by atoms with Crippen LogP contribution in [0.15, 0.2) is 0 Å². The van der Waals surface area contributed by atoms with Crippen molar-refractivity contribution in [2.24, 2.45) is 17.4 Å². The lowest BCUT2D eigenvalue weighted by Crippen LogP contribution is -2.82. The minimum atomic E-state index is -2.17. The van der Waals surface area contributed by atoms with Crippen molar-refractivity contribution in [2.45, 2.75) is 42.4 Å². The van der Waals surface area contributed by atoms with Crippen LogP contribution in [0.2, 0.25) is 0 Å². The third-order valence-electron chi connectivity index (χ3n) is 3.92. The minimum Gasteiger partial charge on any atom is -0.393 e. The lowest BCUT2D eigenvalue weighted by atomic mass is 9.67. The van der Waals surface area contributed by atoms with E-state index in [-0.39, 0.29) is 0 Å². The molecule has 1 saturated heterocycles. The maximum absolute atomic E-state index is 10.1. The lowest BCUT2D eigenvalue weighted by Gasteiger charge is -2.55. The number of nitrogens with one attached hydrogen (secondary N) is 2. The van der Waals surface area contributed by atoms with Gasteiger partial charge in [0.15, 0.2) is 0 Å². The van der Waals surface area contributed by atoms with Gasteiger partial charge in [0, 0.05) is 18.0 Å². The van der Waals surface area contributed by atoms with Crippen molar-refractivity contribution in [3.63, 3.8) is 0 Å². The molecule has 2 aliphatic rings. The van der Waals surface area contributed by atoms with Crippen LogP contribution in [-0.4, -0.2) is 74.5 Å². The fraction of sp³-hybridized carbons (Fsp3) is 1.00. The average Bonchev–Trinajstić information content (AvgIpc) is 2.32. The molecule has 8 unspecified atom stereocenters. The highest BCUT2D eigenvalue weighted by Crippen LogP contribution is 2.35. The predicted octanol–water partition coefficient (Wildman–Crippen LogP) is -5.49. The Hall–Kier alpha value is -0.360. The van der Waals surface area contributed by atoms with Gasteiger partial charge in [-0.25, -0.2) is 0 Å². The van der Waals surface area contributed by atoms with Gasteiger partial charge in [0.25, 0.3) is 0 Å². The summed E-state index contributed by atoms with van der Waals surface area (Å²) in [5.74, 6) is -0.902. The summed E-state index contributed by atoms with van der Waals surface area (Å²) >= 11 is 0. The van der Waals surface area contributed by atoms with E-state index in [1.807, 2.05) is 0 Å². The first-order valence-electron chi connectivity index (χ1n) is 5.73. The largest absolute Gasteiger partial charge is 0.393 e. The molecule has 2 fully saturated rings. The first-order chi connectivity index (χ1) is 8.32. The smallest absolute Gasteiger partial charge is 0.141 e. The molecule has 0 spiro atoms. The van der Waals surface area contributed by atoms with Crippen LogP contribution < -0.4 is 22.1 Å². The predicted molar refractivity (Wildman–Crippen MR) is 59.6 cm³/mol. The highest BCUT2D eigenvalue weighted by atomic mass is 16.4. The molecule has 0 aromatic heterocycles. The summed E-state index contributed by atoms with van der Waals surface area (Å²) in [6, 6.07) is -1.67. The second-order valence-corrected chi connectivity index (χ2v) is 4.98. The number of hydrogen-bond donors (Lipinski definition) is 9. The molecule has 18 heavy (non-hydrogen) atoms. The maximum atomic E-state index is 10.1. The monoisotopic (exact) mass is 264 g/mol. The van der Waals surface area contributed by atoms with Crippen molar-refractivity contribution in [3.8, 4) is 0 Å². The molecule has 0 aromatic rings. The molecule has 0 bridgehead atoms. The summed E-state index contributed by atoms with van der Waals surface area (Å²) in [5.41, 5.74) is 9.18. The summed E-state index contributed by atoms with van der Waals surface area (Å²) in [6.07, 6.45) is -5.04. The normalized spacial score (nSPS) is 57.2. The first kappa shape index (κ1) is 14.1. The number of rotatable bonds is 1. The number of aliphatic hydroxyl groups is 5. The molecule has 8 atom stereocenters. The van der Waals surface area contributed by atoms with E-state index in [0.29, 0.717) is 0 Å². The number of aliphatic hydroxyl groups excluding tert-OH is 4. The zero-order chi connectivity index (χ0) is 13.7. The van der Waals surface area contributed by atoms with Gasteiger partial charge in [0.2, 0.25) is 0 Å². The van der Waals surface area contributed by atoms with Crippen LogP contribution in [0.5, 0.6) is 0 Å². The SMILES string of the molecule is NC1NC(O)C2C(N1)C(N)C(O)C(O)(CO)C2O. The van der Waals surface area contributed by atoms with Crippen molar-refractivity contribution < 1.29 is 25.5 Å². The van der Waals surface area contributed by atoms with E-state index in [1.165, 1.54) is 0 Å². The van der Waals surface area contributed by atoms with E-state index in [9.17, 15) is 20.4 Å². The minimum absolute atomic E-state index is 0.687. The van der Waals surface area contributed by atoms with E-state index in [2.05, 4.69) is 10.6 Å². The van der Waals surface area contributed by atoms with Crippen LogP contribution in [-0.2, 0) is 0 Å². The molecule has 9 nitrogen and oxygen atoms in total. The highest BCUT2D eigenvalue weighted by molar-refractivity contribution is 5.14. The average molecular weight is 264 g/mol. The van der Waals surface area contributed by atoms with E-state index in [1.54, 1.807) is 0 Å². The summed E-state index contributed by atoms with van der Waals surface area (Å²) < 4.78 is 0. The fourth-order valence-electron chi connectivity index (χ4n) is 2.82. The second-order valence-electron chi connectivity index (χ2n) is 4.98. The van der Waals surface area contributed by atoms with E-state index < -0.39 is 54.9 Å². The Morgan fingerprint density at radius 3 is 2.22 bits per heavy atom. The van der Waals surface area contributed by atoms with Crippen LogP contribution in [0, 0.1) is 5.92 Å². The Kier molecular flexibility index (Phi) is 3.62. The number of fused-ring (bicyclic) bond motifs is 1. The standard InChI is InChI=1S/C9H20N4O5/c10-3-4-2(7(17)13-8(11)12-4)5(15)9(18,1-14)6(3)16/h2-8,12-18H,1,10-11H2. The maximum Gasteiger partial charge on any atom is 0.141 e. The van der Waals surface area contributed by atoms with Gasteiger partial charge in [-0.15, -0.1) is 0 Å². The molecule has 1 heterocycles. The first-order valence-corrected chi connectivity index (χ1v) is 5.73. The molecule has 0 aromatic carbocycles. The second kappa shape index (κ2) is 4.63. The summed E-state index contributed by atoms with van der Waals surface area (Å²) in [7, 11) is 0. The van der Waals surface area contributed by atoms with Crippen LogP contribution >= 0.6 is 0 Å². The summed E-state index contributed by atoms with van der Waals surface area (Å²) in [6.45, 7) is -0.870. The third kappa shape index (κ3) is 1.84. The van der Waals surface area contributed by atoms with Crippen LogP contribution in [0.3, 0.4) is 0 Å². The molecular weight excluding hydrogens is 244 g/mol. The number of hydrogen-bond acceptors (Lipinski definition) is 9. The molecule has 1 aliphatic heterocycles. The summed E-state index contributed by atoms with van der Waals surface area (Å²) in [4.78, 5) is 0. The van der Waals surface area contributed by atoms with Crippen molar-refractivity contribution in [1.29, 1.82) is 0 Å². The topological polar surface area (TPSA) is 177 Å². The van der Waals surface area contributed by atoms with E-state index in [4.69, 9.17) is 16.6 Å². The fourth-order valence-corrected chi connectivity index (χ4v) is 2.82. The molecule has 1 aliphatic carbocycles. The van der Waals surface area contributed by atoms with Crippen molar-refractivity contribution in [3.05, 3.63) is 0 Å². The molecule has 9 heteroatoms. The van der Waals surface area contributed by atoms with Crippen LogP contribution in [0.25, 0.3) is 0 Å². The molecule has 11 N–H and O–H groups in total. The van der Waals surface area contributed by atoms with Crippen molar-refractivity contribution in [1.82, 2.24) is 10.6 Å². The molecule has 0 radical (unpaired) electrons. The Balaban J connectivity index is 2.33. The number of nitrogens with two attached hydrogens (primary N) is 2. The third-order valence-corrected chi connectivity index (χ3v) is 3.92. The van der Waals surface area contributed by atoms with Gasteiger partial charge in [-0.2, -0.15) is 0 Å². The van der Waals surface area contributed by atoms with Gasteiger partial charge in [0.05, 0.1) is 12.7 Å². The molecule has 106 valence electrons. The Labute approximate surface area is 103 Å². The summed E-state index contributed by atoms with van der Waals surface area (Å²) in [5, 5.41) is 54.4. The van der Waals surface area contributed by atoms with Gasteiger partial charge >= 0.3 is 0 Å². The molecule has 1 saturated carbocycles. The van der Waals surface area contributed by atoms with Gasteiger partial charge in [-0.05, 0) is 0 Å². The quantitative estimate of drug-likeness (QED) is 0.223. The van der Waals surface area contributed by atoms with Crippen LogP contribution in [0.1, 0.15) is 0 Å². The van der Waals surface area contributed by atoms with Gasteiger partial charge in [-0.1, -0.05) is 0 Å². The zero-order valence-corrected chi connectivity index (χ0v) is 9.64. The van der Waals surface area contributed by atoms with Crippen molar-refractivity contribution >= 4 is 0 Å². The van der Waals surface area contributed by atoms with E-state index >= 15 is 0 Å². The highest BCUT2D eigenvalue weighted by Gasteiger charge is 2.60.